The lowest BCUT2D eigenvalue weighted by Crippen LogP contribution is -2.46. The van der Waals surface area contributed by atoms with Crippen LogP contribution < -0.4 is 4.90 Å². The molecular formula is C22H26ClFN4O3S. The van der Waals surface area contributed by atoms with Crippen molar-refractivity contribution in [2.45, 2.75) is 43.5 Å². The molecule has 4 rings (SSSR count). The van der Waals surface area contributed by atoms with E-state index in [9.17, 15) is 17.6 Å². The van der Waals surface area contributed by atoms with Gasteiger partial charge in [-0.1, -0.05) is 24.6 Å². The van der Waals surface area contributed by atoms with Gasteiger partial charge >= 0.3 is 0 Å². The molecule has 1 atom stereocenters. The van der Waals surface area contributed by atoms with Gasteiger partial charge in [0.05, 0.1) is 23.0 Å². The molecule has 0 spiro atoms. The first-order valence-electron chi connectivity index (χ1n) is 10.8. The summed E-state index contributed by atoms with van der Waals surface area (Å²) in [6.45, 7) is 3.74. The van der Waals surface area contributed by atoms with Crippen LogP contribution >= 0.6 is 11.6 Å². The minimum atomic E-state index is -3.46. The summed E-state index contributed by atoms with van der Waals surface area (Å²) in [6, 6.07) is 4.16. The highest BCUT2D eigenvalue weighted by Gasteiger charge is 2.37. The Morgan fingerprint density at radius 3 is 2.50 bits per heavy atom. The van der Waals surface area contributed by atoms with Gasteiger partial charge in [-0.3, -0.25) is 4.79 Å². The first-order valence-corrected chi connectivity index (χ1v) is 12.9. The topological polar surface area (TPSA) is 83.5 Å². The molecule has 1 aromatic carbocycles. The Morgan fingerprint density at radius 1 is 1.12 bits per heavy atom. The maximum Gasteiger partial charge on any atom is 0.226 e. The van der Waals surface area contributed by atoms with Crippen molar-refractivity contribution in [1.29, 1.82) is 0 Å². The Morgan fingerprint density at radius 2 is 1.88 bits per heavy atom. The third kappa shape index (κ3) is 4.73. The van der Waals surface area contributed by atoms with Gasteiger partial charge in [-0.2, -0.15) is 0 Å². The van der Waals surface area contributed by atoms with Gasteiger partial charge in [0.25, 0.3) is 0 Å². The van der Waals surface area contributed by atoms with Crippen LogP contribution in [0.5, 0.6) is 0 Å². The number of halogens is 2. The van der Waals surface area contributed by atoms with Gasteiger partial charge in [-0.25, -0.2) is 22.8 Å². The van der Waals surface area contributed by atoms with Crippen LogP contribution in [0.3, 0.4) is 0 Å². The Kier molecular flexibility index (Phi) is 6.67. The van der Waals surface area contributed by atoms with E-state index in [1.165, 1.54) is 25.3 Å². The van der Waals surface area contributed by atoms with E-state index in [1.54, 1.807) is 6.20 Å². The fourth-order valence-corrected chi connectivity index (χ4v) is 5.50. The monoisotopic (exact) mass is 480 g/mol. The first-order chi connectivity index (χ1) is 15.3. The Balaban J connectivity index is 1.36. The minimum Gasteiger partial charge on any atom is -0.355 e. The molecule has 3 heterocycles. The molecule has 0 radical (unpaired) electrons. The SMILES string of the molecule is CCS(=O)(=O)c1ccc(C[C@H]2CCN(C3CCN(c4cnc(Cl)cn4)CC3)C2=O)c(F)c1. The van der Waals surface area contributed by atoms with Crippen LogP contribution in [0.2, 0.25) is 5.15 Å². The zero-order valence-corrected chi connectivity index (χ0v) is 19.4. The number of anilines is 1. The third-order valence-electron chi connectivity index (χ3n) is 6.42. The summed E-state index contributed by atoms with van der Waals surface area (Å²) in [4.78, 5) is 25.5. The van der Waals surface area contributed by atoms with E-state index in [0.29, 0.717) is 23.7 Å². The molecular weight excluding hydrogens is 455 g/mol. The lowest BCUT2D eigenvalue weighted by molar-refractivity contribution is -0.133. The van der Waals surface area contributed by atoms with Crippen LogP contribution in [0.15, 0.2) is 35.5 Å². The summed E-state index contributed by atoms with van der Waals surface area (Å²) < 4.78 is 38.5. The molecule has 0 bridgehead atoms. The van der Waals surface area contributed by atoms with Crippen molar-refractivity contribution < 1.29 is 17.6 Å². The second-order valence-electron chi connectivity index (χ2n) is 8.29. The van der Waals surface area contributed by atoms with E-state index >= 15 is 0 Å². The summed E-state index contributed by atoms with van der Waals surface area (Å²) in [5, 5.41) is 0.357. The molecule has 172 valence electrons. The van der Waals surface area contributed by atoms with Crippen molar-refractivity contribution in [1.82, 2.24) is 14.9 Å². The number of carbonyl (C=O) groups excluding carboxylic acids is 1. The highest BCUT2D eigenvalue weighted by atomic mass is 35.5. The van der Waals surface area contributed by atoms with Crippen LogP contribution in [-0.4, -0.2) is 60.6 Å². The molecule has 1 aromatic heterocycles. The predicted molar refractivity (Wildman–Crippen MR) is 120 cm³/mol. The molecule has 2 aliphatic rings. The van der Waals surface area contributed by atoms with Crippen molar-refractivity contribution in [3.8, 4) is 0 Å². The number of piperidine rings is 1. The Bertz CT molecular complexity index is 1090. The summed E-state index contributed by atoms with van der Waals surface area (Å²) >= 11 is 5.81. The van der Waals surface area contributed by atoms with E-state index in [1.807, 2.05) is 4.90 Å². The van der Waals surface area contributed by atoms with Gasteiger partial charge in [0.1, 0.15) is 16.8 Å². The summed E-state index contributed by atoms with van der Waals surface area (Å²) in [5.74, 6) is -0.0889. The molecule has 0 aliphatic carbocycles. The average Bonchev–Trinajstić information content (AvgIpc) is 3.15. The van der Waals surface area contributed by atoms with E-state index in [4.69, 9.17) is 11.6 Å². The molecule has 0 saturated carbocycles. The fraction of sp³-hybridized carbons (Fsp3) is 0.500. The van der Waals surface area contributed by atoms with Gasteiger partial charge in [0.2, 0.25) is 5.91 Å². The number of nitrogens with zero attached hydrogens (tertiary/aromatic N) is 4. The third-order valence-corrected chi connectivity index (χ3v) is 8.34. The zero-order valence-electron chi connectivity index (χ0n) is 17.9. The predicted octanol–water partition coefficient (Wildman–Crippen LogP) is 3.12. The number of carbonyl (C=O) groups is 1. The molecule has 10 heteroatoms. The molecule has 0 unspecified atom stereocenters. The first kappa shape index (κ1) is 22.9. The molecule has 32 heavy (non-hydrogen) atoms. The van der Waals surface area contributed by atoms with E-state index in [0.717, 1.165) is 37.8 Å². The Labute approximate surface area is 192 Å². The lowest BCUT2D eigenvalue weighted by atomic mass is 9.97. The number of aromatic nitrogens is 2. The standard InChI is InChI=1S/C22H26ClFN4O3S/c1-2-32(30,31)18-4-3-15(19(24)12-18)11-16-5-10-28(22(16)29)17-6-8-27(9-7-17)21-14-25-20(23)13-26-21/h3-4,12-14,16-17H,2,5-11H2,1H3/t16-/m1/s1. The number of likely N-dealkylation sites (tertiary alicyclic amines) is 1. The van der Waals surface area contributed by atoms with Crippen molar-refractivity contribution in [2.75, 3.05) is 30.3 Å². The lowest BCUT2D eigenvalue weighted by Gasteiger charge is -2.37. The largest absolute Gasteiger partial charge is 0.355 e. The number of amides is 1. The summed E-state index contributed by atoms with van der Waals surface area (Å²) in [6.07, 6.45) is 5.82. The molecule has 2 aliphatic heterocycles. The quantitative estimate of drug-likeness (QED) is 0.631. The van der Waals surface area contributed by atoms with Gasteiger partial charge in [-0.05, 0) is 43.4 Å². The molecule has 7 nitrogen and oxygen atoms in total. The van der Waals surface area contributed by atoms with Crippen molar-refractivity contribution in [3.63, 3.8) is 0 Å². The van der Waals surface area contributed by atoms with Gasteiger partial charge in [0, 0.05) is 31.6 Å². The van der Waals surface area contributed by atoms with Crippen molar-refractivity contribution in [2.24, 2.45) is 5.92 Å². The van der Waals surface area contributed by atoms with Crippen molar-refractivity contribution >= 4 is 33.2 Å². The van der Waals surface area contributed by atoms with Crippen LogP contribution in [-0.2, 0) is 21.1 Å². The van der Waals surface area contributed by atoms with Gasteiger partial charge in [0.15, 0.2) is 9.84 Å². The number of hydrogen-bond acceptors (Lipinski definition) is 6. The smallest absolute Gasteiger partial charge is 0.226 e. The van der Waals surface area contributed by atoms with E-state index in [-0.39, 0.29) is 34.9 Å². The van der Waals surface area contributed by atoms with Crippen LogP contribution in [0, 0.1) is 11.7 Å². The molecule has 2 aromatic rings. The van der Waals surface area contributed by atoms with Gasteiger partial charge < -0.3 is 9.80 Å². The van der Waals surface area contributed by atoms with Crippen LogP contribution in [0.1, 0.15) is 31.7 Å². The highest BCUT2D eigenvalue weighted by molar-refractivity contribution is 7.91. The number of hydrogen-bond donors (Lipinski definition) is 0. The molecule has 1 amide bonds. The molecule has 0 N–H and O–H groups in total. The minimum absolute atomic E-state index is 0.0160. The number of benzene rings is 1. The Hall–Kier alpha value is -2.26. The number of rotatable bonds is 6. The highest BCUT2D eigenvalue weighted by Crippen LogP contribution is 2.30. The summed E-state index contributed by atoms with van der Waals surface area (Å²) in [7, 11) is -3.46. The zero-order chi connectivity index (χ0) is 22.9. The van der Waals surface area contributed by atoms with Crippen LogP contribution in [0.25, 0.3) is 0 Å². The summed E-state index contributed by atoms with van der Waals surface area (Å²) in [5.41, 5.74) is 0.386. The maximum atomic E-state index is 14.6. The second-order valence-corrected chi connectivity index (χ2v) is 11.0. The van der Waals surface area contributed by atoms with Crippen LogP contribution in [0.4, 0.5) is 10.2 Å². The molecule has 2 fully saturated rings. The fourth-order valence-electron chi connectivity index (χ4n) is 4.51. The molecule has 2 saturated heterocycles. The van der Waals surface area contributed by atoms with E-state index in [2.05, 4.69) is 14.9 Å². The number of sulfone groups is 1. The van der Waals surface area contributed by atoms with Crippen molar-refractivity contribution in [3.05, 3.63) is 47.1 Å². The average molecular weight is 481 g/mol. The normalized spacial score (nSPS) is 20.2. The van der Waals surface area contributed by atoms with E-state index < -0.39 is 15.7 Å². The maximum absolute atomic E-state index is 14.6. The second kappa shape index (κ2) is 9.31. The van der Waals surface area contributed by atoms with Gasteiger partial charge in [-0.15, -0.1) is 0 Å².